The third kappa shape index (κ3) is 7.10. The van der Waals surface area contributed by atoms with Crippen molar-refractivity contribution in [3.63, 3.8) is 0 Å². The number of anilines is 2. The van der Waals surface area contributed by atoms with Gasteiger partial charge in [0, 0.05) is 33.7 Å². The van der Waals surface area contributed by atoms with Crippen LogP contribution in [-0.4, -0.2) is 38.6 Å². The Hall–Kier alpha value is -3.39. The molecule has 16 heteroatoms. The van der Waals surface area contributed by atoms with E-state index in [0.29, 0.717) is 27.0 Å². The summed E-state index contributed by atoms with van der Waals surface area (Å²) in [4.78, 5) is 52.6. The van der Waals surface area contributed by atoms with Crippen LogP contribution in [0.15, 0.2) is 58.8 Å². The van der Waals surface area contributed by atoms with Crippen LogP contribution >= 0.6 is 69.5 Å². The van der Waals surface area contributed by atoms with Crippen molar-refractivity contribution in [1.29, 1.82) is 0 Å². The molecule has 0 saturated carbocycles. The predicted molar refractivity (Wildman–Crippen MR) is 161 cm³/mol. The van der Waals surface area contributed by atoms with E-state index in [9.17, 15) is 29.6 Å². The number of carbonyl (C=O) groups is 3. The molecule has 41 heavy (non-hydrogen) atoms. The average Bonchev–Trinajstić information content (AvgIpc) is 3.41. The van der Waals surface area contributed by atoms with Crippen LogP contribution in [0.1, 0.15) is 20.7 Å². The van der Waals surface area contributed by atoms with Gasteiger partial charge in [-0.25, -0.2) is 9.78 Å². The molecule has 0 radical (unpaired) electrons. The molecule has 210 valence electrons. The van der Waals surface area contributed by atoms with Crippen LogP contribution in [0.3, 0.4) is 0 Å². The quantitative estimate of drug-likeness (QED) is 0.0532. The number of carbonyl (C=O) groups excluding carboxylic acids is 2. The summed E-state index contributed by atoms with van der Waals surface area (Å²) < 4.78 is 0. The monoisotopic (exact) mass is 670 g/mol. The summed E-state index contributed by atoms with van der Waals surface area (Å²) in [7, 11) is 0. The van der Waals surface area contributed by atoms with Crippen LogP contribution < -0.4 is 10.6 Å². The standard InChI is InChI=1S/C25H14Cl4N4O6S2/c26-19-17(18(24(36)37)20(27)22(29)21(19)28)23(35)30-12-4-6-14(7-5-12)40-10-16(34)32-25-31-15(9-41-25)11-2-1-3-13(8-11)33(38)39/h1-9H,10H2,(H,30,35)(H,36,37)(H,31,32,34). The molecule has 2 amide bonds. The highest BCUT2D eigenvalue weighted by molar-refractivity contribution is 8.00. The van der Waals surface area contributed by atoms with Crippen molar-refractivity contribution in [3.05, 3.63) is 95.2 Å². The van der Waals surface area contributed by atoms with Crippen LogP contribution in [0.5, 0.6) is 0 Å². The van der Waals surface area contributed by atoms with Crippen LogP contribution in [0.4, 0.5) is 16.5 Å². The third-order valence-electron chi connectivity index (χ3n) is 5.29. The zero-order valence-electron chi connectivity index (χ0n) is 20.1. The lowest BCUT2D eigenvalue weighted by Crippen LogP contribution is -2.18. The molecular weight excluding hydrogens is 658 g/mol. The van der Waals surface area contributed by atoms with Gasteiger partial charge in [0.2, 0.25) is 5.91 Å². The Balaban J connectivity index is 1.36. The van der Waals surface area contributed by atoms with Gasteiger partial charge in [-0.15, -0.1) is 23.1 Å². The first-order valence-corrected chi connectivity index (χ1v) is 14.5. The number of nitrogens with one attached hydrogen (secondary N) is 2. The highest BCUT2D eigenvalue weighted by atomic mass is 35.5. The summed E-state index contributed by atoms with van der Waals surface area (Å²) in [6.07, 6.45) is 0. The van der Waals surface area contributed by atoms with Gasteiger partial charge in [-0.1, -0.05) is 58.5 Å². The lowest BCUT2D eigenvalue weighted by atomic mass is 10.1. The van der Waals surface area contributed by atoms with E-state index in [1.807, 2.05) is 0 Å². The maximum absolute atomic E-state index is 12.9. The van der Waals surface area contributed by atoms with E-state index < -0.39 is 32.9 Å². The number of rotatable bonds is 9. The largest absolute Gasteiger partial charge is 0.478 e. The normalized spacial score (nSPS) is 10.7. The van der Waals surface area contributed by atoms with E-state index in [1.54, 1.807) is 41.8 Å². The second kappa shape index (κ2) is 13.1. The molecule has 1 aromatic heterocycles. The first-order valence-electron chi connectivity index (χ1n) is 11.1. The first kappa shape index (κ1) is 30.6. The van der Waals surface area contributed by atoms with Crippen LogP contribution in [0.2, 0.25) is 20.1 Å². The van der Waals surface area contributed by atoms with E-state index in [-0.39, 0.29) is 32.4 Å². The van der Waals surface area contributed by atoms with Gasteiger partial charge in [-0.05, 0) is 24.3 Å². The average molecular weight is 672 g/mol. The predicted octanol–water partition coefficient (Wildman–Crippen LogP) is 8.01. The van der Waals surface area contributed by atoms with Gasteiger partial charge in [-0.2, -0.15) is 0 Å². The van der Waals surface area contributed by atoms with E-state index in [2.05, 4.69) is 15.6 Å². The molecule has 0 atom stereocenters. The Labute approximate surface area is 259 Å². The Morgan fingerprint density at radius 3 is 2.24 bits per heavy atom. The summed E-state index contributed by atoms with van der Waals surface area (Å²) in [5.74, 6) is -2.64. The van der Waals surface area contributed by atoms with Crippen molar-refractivity contribution in [3.8, 4) is 11.3 Å². The molecule has 4 rings (SSSR count). The molecule has 0 bridgehead atoms. The molecule has 4 aromatic rings. The summed E-state index contributed by atoms with van der Waals surface area (Å²) in [6.45, 7) is 0. The number of non-ortho nitro benzene ring substituents is 1. The zero-order chi connectivity index (χ0) is 29.8. The number of aromatic nitrogens is 1. The SMILES string of the molecule is O=C(CSc1ccc(NC(=O)c2c(Cl)c(Cl)c(Cl)c(Cl)c2C(=O)O)cc1)Nc1nc(-c2cccc([N+](=O)[O-])c2)cs1. The van der Waals surface area contributed by atoms with Crippen molar-refractivity contribution in [2.24, 2.45) is 0 Å². The van der Waals surface area contributed by atoms with Crippen molar-refractivity contribution in [2.75, 3.05) is 16.4 Å². The van der Waals surface area contributed by atoms with Crippen molar-refractivity contribution in [2.45, 2.75) is 4.90 Å². The molecule has 0 saturated heterocycles. The molecule has 0 aliphatic heterocycles. The first-order chi connectivity index (χ1) is 19.5. The molecule has 0 spiro atoms. The molecule has 0 unspecified atom stereocenters. The maximum atomic E-state index is 12.9. The molecular formula is C25H14Cl4N4O6S2. The summed E-state index contributed by atoms with van der Waals surface area (Å²) in [5, 5.41) is 26.5. The molecule has 0 aliphatic carbocycles. The third-order valence-corrected chi connectivity index (χ3v) is 8.87. The van der Waals surface area contributed by atoms with E-state index >= 15 is 0 Å². The lowest BCUT2D eigenvalue weighted by molar-refractivity contribution is -0.384. The van der Waals surface area contributed by atoms with Gasteiger partial charge in [0.1, 0.15) is 0 Å². The maximum Gasteiger partial charge on any atom is 0.338 e. The van der Waals surface area contributed by atoms with E-state index in [4.69, 9.17) is 46.4 Å². The Morgan fingerprint density at radius 2 is 1.61 bits per heavy atom. The number of carboxylic acid groups (broad SMARTS) is 1. The van der Waals surface area contributed by atoms with E-state index in [0.717, 1.165) is 0 Å². The number of nitro benzene ring substituents is 1. The van der Waals surface area contributed by atoms with Crippen molar-refractivity contribution < 1.29 is 24.4 Å². The summed E-state index contributed by atoms with van der Waals surface area (Å²) >= 11 is 26.5. The zero-order valence-corrected chi connectivity index (χ0v) is 24.8. The van der Waals surface area contributed by atoms with Gasteiger partial charge in [-0.3, -0.25) is 19.7 Å². The minimum atomic E-state index is -1.51. The van der Waals surface area contributed by atoms with Gasteiger partial charge < -0.3 is 15.7 Å². The second-order valence-corrected chi connectivity index (χ2v) is 11.4. The number of amides is 2. The molecule has 0 aliphatic rings. The molecule has 3 N–H and O–H groups in total. The molecule has 1 heterocycles. The van der Waals surface area contributed by atoms with E-state index in [1.165, 1.54) is 35.2 Å². The fraction of sp³-hybridized carbons (Fsp3) is 0.0400. The number of benzene rings is 3. The van der Waals surface area contributed by atoms with Crippen molar-refractivity contribution in [1.82, 2.24) is 4.98 Å². The smallest absolute Gasteiger partial charge is 0.338 e. The van der Waals surface area contributed by atoms with Crippen LogP contribution in [-0.2, 0) is 4.79 Å². The number of thiazole rings is 1. The number of nitro groups is 1. The Morgan fingerprint density at radius 1 is 0.951 bits per heavy atom. The van der Waals surface area contributed by atoms with Gasteiger partial charge >= 0.3 is 5.97 Å². The van der Waals surface area contributed by atoms with Crippen LogP contribution in [0.25, 0.3) is 11.3 Å². The van der Waals surface area contributed by atoms with Crippen molar-refractivity contribution >= 4 is 104 Å². The topological polar surface area (TPSA) is 152 Å². The number of thioether (sulfide) groups is 1. The fourth-order valence-electron chi connectivity index (χ4n) is 3.42. The number of hydrogen-bond donors (Lipinski definition) is 3. The van der Waals surface area contributed by atoms with Gasteiger partial charge in [0.25, 0.3) is 11.6 Å². The summed E-state index contributed by atoms with van der Waals surface area (Å²) in [6, 6.07) is 12.4. The molecule has 0 fully saturated rings. The number of carboxylic acids is 1. The minimum Gasteiger partial charge on any atom is -0.478 e. The number of aromatic carboxylic acids is 1. The highest BCUT2D eigenvalue weighted by Crippen LogP contribution is 2.42. The number of halogens is 4. The highest BCUT2D eigenvalue weighted by Gasteiger charge is 2.29. The molecule has 10 nitrogen and oxygen atoms in total. The van der Waals surface area contributed by atoms with Crippen LogP contribution in [0, 0.1) is 10.1 Å². The summed E-state index contributed by atoms with van der Waals surface area (Å²) in [5.41, 5.74) is 0.287. The number of nitrogens with zero attached hydrogens (tertiary/aromatic N) is 2. The molecule has 3 aromatic carbocycles. The number of hydrogen-bond acceptors (Lipinski definition) is 8. The lowest BCUT2D eigenvalue weighted by Gasteiger charge is -2.14. The second-order valence-electron chi connectivity index (χ2n) is 7.97. The van der Waals surface area contributed by atoms with Gasteiger partial charge in [0.15, 0.2) is 5.13 Å². The Kier molecular flexibility index (Phi) is 9.74. The Bertz CT molecular complexity index is 1700. The minimum absolute atomic E-state index is 0.0524. The fourth-order valence-corrected chi connectivity index (χ4v) is 5.87. The van der Waals surface area contributed by atoms with Gasteiger partial charge in [0.05, 0.1) is 47.6 Å².